The number of benzene rings is 2. The van der Waals surface area contributed by atoms with Crippen molar-refractivity contribution in [3.05, 3.63) is 35.7 Å². The highest BCUT2D eigenvalue weighted by Crippen LogP contribution is 2.44. The van der Waals surface area contributed by atoms with Gasteiger partial charge in [-0.15, -0.1) is 0 Å². The van der Waals surface area contributed by atoms with E-state index in [1.807, 2.05) is 31.2 Å². The number of methoxy groups -OCH3 is 3. The highest BCUT2D eigenvalue weighted by Gasteiger charge is 2.20. The Morgan fingerprint density at radius 1 is 0.964 bits per heavy atom. The smallest absolute Gasteiger partial charge is 0.231 e. The fourth-order valence-electron chi connectivity index (χ4n) is 3.21. The molecule has 146 valence electrons. The Labute approximate surface area is 162 Å². The summed E-state index contributed by atoms with van der Waals surface area (Å²) in [5, 5.41) is 4.16. The third-order valence-electron chi connectivity index (χ3n) is 4.50. The van der Waals surface area contributed by atoms with Gasteiger partial charge in [0.05, 0.1) is 26.7 Å². The van der Waals surface area contributed by atoms with Gasteiger partial charge >= 0.3 is 0 Å². The molecule has 0 aliphatic carbocycles. The summed E-state index contributed by atoms with van der Waals surface area (Å²) in [6, 6.07) is 7.69. The highest BCUT2D eigenvalue weighted by atomic mass is 16.7. The monoisotopic (exact) mass is 383 g/mol. The predicted molar refractivity (Wildman–Crippen MR) is 104 cm³/mol. The van der Waals surface area contributed by atoms with E-state index in [-0.39, 0.29) is 6.79 Å². The maximum absolute atomic E-state index is 5.56. The molecule has 0 fully saturated rings. The average Bonchev–Trinajstić information content (AvgIpc) is 3.18. The summed E-state index contributed by atoms with van der Waals surface area (Å²) in [6.07, 6.45) is 0. The van der Waals surface area contributed by atoms with Gasteiger partial charge in [0.2, 0.25) is 12.5 Å². The number of hydrogen-bond donors (Lipinski definition) is 1. The van der Waals surface area contributed by atoms with Crippen LogP contribution in [0, 0.1) is 6.92 Å². The SMILES string of the molecule is COc1cc2c(NCc3ccc4c(c3)OCO4)nc(C)nc2c(OC)c1OC. The number of aromatic nitrogens is 2. The quantitative estimate of drug-likeness (QED) is 0.694. The molecule has 2 aromatic carbocycles. The van der Waals surface area contributed by atoms with Gasteiger partial charge in [-0.25, -0.2) is 9.97 Å². The van der Waals surface area contributed by atoms with Crippen LogP contribution in [0.3, 0.4) is 0 Å². The Balaban J connectivity index is 1.74. The molecule has 28 heavy (non-hydrogen) atoms. The zero-order valence-electron chi connectivity index (χ0n) is 16.2. The first-order valence-electron chi connectivity index (χ1n) is 8.74. The summed E-state index contributed by atoms with van der Waals surface area (Å²) in [7, 11) is 4.73. The molecule has 1 aromatic heterocycles. The molecule has 0 saturated carbocycles. The van der Waals surface area contributed by atoms with Crippen LogP contribution in [0.2, 0.25) is 0 Å². The van der Waals surface area contributed by atoms with Crippen molar-refractivity contribution in [1.29, 1.82) is 0 Å². The van der Waals surface area contributed by atoms with Crippen molar-refractivity contribution in [2.75, 3.05) is 33.4 Å². The first-order chi connectivity index (χ1) is 13.6. The minimum atomic E-state index is 0.253. The van der Waals surface area contributed by atoms with Gasteiger partial charge in [0, 0.05) is 6.54 Å². The Hall–Kier alpha value is -3.42. The van der Waals surface area contributed by atoms with E-state index in [1.165, 1.54) is 0 Å². The Kier molecular flexibility index (Phi) is 4.68. The van der Waals surface area contributed by atoms with E-state index in [0.717, 1.165) is 22.4 Å². The van der Waals surface area contributed by atoms with Crippen LogP contribution in [0.1, 0.15) is 11.4 Å². The van der Waals surface area contributed by atoms with E-state index in [1.54, 1.807) is 21.3 Å². The zero-order valence-corrected chi connectivity index (χ0v) is 16.2. The zero-order chi connectivity index (χ0) is 19.7. The molecule has 2 heterocycles. The molecular weight excluding hydrogens is 362 g/mol. The van der Waals surface area contributed by atoms with Gasteiger partial charge in [-0.3, -0.25) is 0 Å². The first kappa shape index (κ1) is 18.0. The lowest BCUT2D eigenvalue weighted by Crippen LogP contribution is -2.06. The van der Waals surface area contributed by atoms with Crippen molar-refractivity contribution in [2.45, 2.75) is 13.5 Å². The van der Waals surface area contributed by atoms with Crippen LogP contribution in [0.5, 0.6) is 28.7 Å². The third-order valence-corrected chi connectivity index (χ3v) is 4.50. The largest absolute Gasteiger partial charge is 0.493 e. The van der Waals surface area contributed by atoms with E-state index < -0.39 is 0 Å². The molecule has 0 radical (unpaired) electrons. The number of fused-ring (bicyclic) bond motifs is 2. The fraction of sp³-hybridized carbons (Fsp3) is 0.300. The molecule has 4 rings (SSSR count). The lowest BCUT2D eigenvalue weighted by atomic mass is 10.1. The number of hydrogen-bond acceptors (Lipinski definition) is 8. The number of anilines is 1. The van der Waals surface area contributed by atoms with Gasteiger partial charge in [0.15, 0.2) is 23.0 Å². The van der Waals surface area contributed by atoms with Crippen molar-refractivity contribution in [3.8, 4) is 28.7 Å². The van der Waals surface area contributed by atoms with E-state index in [2.05, 4.69) is 15.3 Å². The van der Waals surface area contributed by atoms with Crippen LogP contribution in [-0.4, -0.2) is 38.1 Å². The number of nitrogens with one attached hydrogen (secondary N) is 1. The van der Waals surface area contributed by atoms with E-state index in [9.17, 15) is 0 Å². The molecule has 1 aliphatic rings. The summed E-state index contributed by atoms with van der Waals surface area (Å²) in [4.78, 5) is 9.11. The normalized spacial score (nSPS) is 12.1. The van der Waals surface area contributed by atoms with Gasteiger partial charge in [0.1, 0.15) is 17.2 Å². The maximum Gasteiger partial charge on any atom is 0.231 e. The molecule has 0 unspecified atom stereocenters. The first-order valence-corrected chi connectivity index (χ1v) is 8.74. The molecule has 0 atom stereocenters. The highest BCUT2D eigenvalue weighted by molar-refractivity contribution is 5.96. The second-order valence-electron chi connectivity index (χ2n) is 6.20. The fourth-order valence-corrected chi connectivity index (χ4v) is 3.21. The third kappa shape index (κ3) is 3.06. The van der Waals surface area contributed by atoms with Crippen molar-refractivity contribution in [2.24, 2.45) is 0 Å². The van der Waals surface area contributed by atoms with E-state index in [0.29, 0.717) is 41.0 Å². The molecule has 0 bridgehead atoms. The second-order valence-corrected chi connectivity index (χ2v) is 6.20. The average molecular weight is 383 g/mol. The molecule has 8 heteroatoms. The summed E-state index contributed by atoms with van der Waals surface area (Å²) in [5.41, 5.74) is 1.70. The van der Waals surface area contributed by atoms with Crippen LogP contribution in [0.25, 0.3) is 10.9 Å². The standard InChI is InChI=1S/C20H21N3O5/c1-11-22-17-13(8-16(24-2)18(25-3)19(17)26-4)20(23-11)21-9-12-5-6-14-15(7-12)28-10-27-14/h5-8H,9-10H2,1-4H3,(H,21,22,23). The molecule has 0 spiro atoms. The summed E-state index contributed by atoms with van der Waals surface area (Å²) in [5.74, 6) is 4.35. The Bertz CT molecular complexity index is 1040. The van der Waals surface area contributed by atoms with E-state index in [4.69, 9.17) is 23.7 Å². The number of nitrogens with zero attached hydrogens (tertiary/aromatic N) is 2. The number of ether oxygens (including phenoxy) is 5. The Morgan fingerprint density at radius 2 is 1.75 bits per heavy atom. The van der Waals surface area contributed by atoms with Gasteiger partial charge in [-0.2, -0.15) is 0 Å². The second kappa shape index (κ2) is 7.30. The minimum Gasteiger partial charge on any atom is -0.493 e. The van der Waals surface area contributed by atoms with Gasteiger partial charge in [-0.05, 0) is 30.7 Å². The van der Waals surface area contributed by atoms with Crippen molar-refractivity contribution in [1.82, 2.24) is 9.97 Å². The number of aryl methyl sites for hydroxylation is 1. The lowest BCUT2D eigenvalue weighted by Gasteiger charge is -2.16. The molecule has 0 amide bonds. The Morgan fingerprint density at radius 3 is 2.50 bits per heavy atom. The van der Waals surface area contributed by atoms with Crippen LogP contribution >= 0.6 is 0 Å². The molecule has 0 saturated heterocycles. The van der Waals surface area contributed by atoms with Gasteiger partial charge in [-0.1, -0.05) is 6.07 Å². The molecule has 1 aliphatic heterocycles. The lowest BCUT2D eigenvalue weighted by molar-refractivity contribution is 0.174. The molecule has 1 N–H and O–H groups in total. The van der Waals surface area contributed by atoms with E-state index >= 15 is 0 Å². The maximum atomic E-state index is 5.56. The summed E-state index contributed by atoms with van der Waals surface area (Å²) in [6.45, 7) is 2.64. The van der Waals surface area contributed by atoms with Crippen LogP contribution < -0.4 is 29.0 Å². The molecular formula is C20H21N3O5. The minimum absolute atomic E-state index is 0.253. The van der Waals surface area contributed by atoms with Crippen LogP contribution in [0.15, 0.2) is 24.3 Å². The van der Waals surface area contributed by atoms with Crippen molar-refractivity contribution < 1.29 is 23.7 Å². The summed E-state index contributed by atoms with van der Waals surface area (Å²) < 4.78 is 27.3. The van der Waals surface area contributed by atoms with Gasteiger partial charge in [0.25, 0.3) is 0 Å². The molecule has 8 nitrogen and oxygen atoms in total. The summed E-state index contributed by atoms with van der Waals surface area (Å²) >= 11 is 0. The molecule has 3 aromatic rings. The van der Waals surface area contributed by atoms with Crippen molar-refractivity contribution >= 4 is 16.7 Å². The van der Waals surface area contributed by atoms with Gasteiger partial charge < -0.3 is 29.0 Å². The predicted octanol–water partition coefficient (Wildman–Crippen LogP) is 3.30. The van der Waals surface area contributed by atoms with Crippen LogP contribution in [0.4, 0.5) is 5.82 Å². The van der Waals surface area contributed by atoms with Crippen molar-refractivity contribution in [3.63, 3.8) is 0 Å². The number of rotatable bonds is 6. The van der Waals surface area contributed by atoms with Crippen LogP contribution in [-0.2, 0) is 6.54 Å². The topological polar surface area (TPSA) is 84.0 Å².